The van der Waals surface area contributed by atoms with Crippen LogP contribution in [0.1, 0.15) is 0 Å². The molecule has 0 radical (unpaired) electrons. The lowest BCUT2D eigenvalue weighted by atomic mass is 10.2. The Balaban J connectivity index is 2.13. The van der Waals surface area contributed by atoms with Gasteiger partial charge in [0.1, 0.15) is 0 Å². The first kappa shape index (κ1) is 13.6. The highest BCUT2D eigenvalue weighted by atomic mass is 32.2. The highest BCUT2D eigenvalue weighted by Gasteiger charge is 2.15. The quantitative estimate of drug-likeness (QED) is 0.532. The minimum absolute atomic E-state index is 0.793. The summed E-state index contributed by atoms with van der Waals surface area (Å²) in [5, 5.41) is 9.51. The molecule has 3 rings (SSSR count). The van der Waals surface area contributed by atoms with Gasteiger partial charge in [0.2, 0.25) is 0 Å². The molecule has 0 aliphatic rings. The molecular formula is C16H14N4S. The SMILES string of the molecule is C=CCSc1nnc(-c2ccncc2)n1-c1ccccc1. The van der Waals surface area contributed by atoms with Gasteiger partial charge in [0.05, 0.1) is 0 Å². The Hall–Kier alpha value is -2.40. The number of hydrogen-bond donors (Lipinski definition) is 0. The second kappa shape index (κ2) is 6.37. The van der Waals surface area contributed by atoms with E-state index >= 15 is 0 Å². The summed E-state index contributed by atoms with van der Waals surface area (Å²) < 4.78 is 2.06. The molecule has 4 nitrogen and oxygen atoms in total. The van der Waals surface area contributed by atoms with E-state index in [0.717, 1.165) is 28.0 Å². The van der Waals surface area contributed by atoms with E-state index < -0.39 is 0 Å². The molecule has 0 unspecified atom stereocenters. The van der Waals surface area contributed by atoms with Crippen LogP contribution in [0.4, 0.5) is 0 Å². The summed E-state index contributed by atoms with van der Waals surface area (Å²) >= 11 is 1.61. The van der Waals surface area contributed by atoms with Crippen LogP contribution >= 0.6 is 11.8 Å². The molecule has 5 heteroatoms. The Kier molecular flexibility index (Phi) is 4.12. The molecule has 21 heavy (non-hydrogen) atoms. The van der Waals surface area contributed by atoms with Gasteiger partial charge in [-0.1, -0.05) is 36.0 Å². The molecule has 0 spiro atoms. The fraction of sp³-hybridized carbons (Fsp3) is 0.0625. The van der Waals surface area contributed by atoms with Gasteiger partial charge in [-0.2, -0.15) is 0 Å². The van der Waals surface area contributed by atoms with Crippen molar-refractivity contribution in [3.05, 3.63) is 67.5 Å². The van der Waals surface area contributed by atoms with Crippen LogP contribution in [0.3, 0.4) is 0 Å². The minimum atomic E-state index is 0.793. The molecule has 0 N–H and O–H groups in total. The van der Waals surface area contributed by atoms with Crippen LogP contribution in [-0.2, 0) is 0 Å². The van der Waals surface area contributed by atoms with Crippen LogP contribution in [0.2, 0.25) is 0 Å². The summed E-state index contributed by atoms with van der Waals surface area (Å²) in [7, 11) is 0. The maximum Gasteiger partial charge on any atom is 0.196 e. The first-order valence-corrected chi connectivity index (χ1v) is 7.53. The third kappa shape index (κ3) is 2.87. The van der Waals surface area contributed by atoms with Gasteiger partial charge in [0.25, 0.3) is 0 Å². The number of thioether (sulfide) groups is 1. The predicted octanol–water partition coefficient (Wildman–Crippen LogP) is 3.61. The zero-order valence-electron chi connectivity index (χ0n) is 11.4. The molecule has 0 saturated heterocycles. The van der Waals surface area contributed by atoms with Crippen molar-refractivity contribution in [2.75, 3.05) is 5.75 Å². The van der Waals surface area contributed by atoms with Gasteiger partial charge in [0, 0.05) is 29.4 Å². The van der Waals surface area contributed by atoms with Gasteiger partial charge in [-0.3, -0.25) is 9.55 Å². The Labute approximate surface area is 127 Å². The summed E-state index contributed by atoms with van der Waals surface area (Å²) in [4.78, 5) is 4.05. The highest BCUT2D eigenvalue weighted by Crippen LogP contribution is 2.27. The molecule has 0 bridgehead atoms. The van der Waals surface area contributed by atoms with Crippen molar-refractivity contribution < 1.29 is 0 Å². The molecule has 0 fully saturated rings. The largest absolute Gasteiger partial charge is 0.270 e. The average Bonchev–Trinajstić information content (AvgIpc) is 2.98. The van der Waals surface area contributed by atoms with Gasteiger partial charge >= 0.3 is 0 Å². The third-order valence-corrected chi connectivity index (χ3v) is 3.84. The molecule has 104 valence electrons. The maximum atomic E-state index is 4.35. The van der Waals surface area contributed by atoms with Gasteiger partial charge in [-0.05, 0) is 24.3 Å². The fourth-order valence-corrected chi connectivity index (χ4v) is 2.68. The zero-order valence-corrected chi connectivity index (χ0v) is 12.2. The van der Waals surface area contributed by atoms with Crippen molar-refractivity contribution >= 4 is 11.8 Å². The monoisotopic (exact) mass is 294 g/mol. The van der Waals surface area contributed by atoms with Gasteiger partial charge in [0.15, 0.2) is 11.0 Å². The van der Waals surface area contributed by atoms with Crippen LogP contribution in [0.5, 0.6) is 0 Å². The molecule has 0 atom stereocenters. The van der Waals surface area contributed by atoms with E-state index in [1.807, 2.05) is 48.5 Å². The Bertz CT molecular complexity index is 723. The lowest BCUT2D eigenvalue weighted by molar-refractivity contribution is 0.887. The second-order valence-corrected chi connectivity index (χ2v) is 5.30. The van der Waals surface area contributed by atoms with E-state index in [4.69, 9.17) is 0 Å². The number of benzene rings is 1. The summed E-state index contributed by atoms with van der Waals surface area (Å²) in [5.41, 5.74) is 2.03. The van der Waals surface area contributed by atoms with E-state index in [2.05, 4.69) is 26.3 Å². The van der Waals surface area contributed by atoms with Crippen LogP contribution in [-0.4, -0.2) is 25.5 Å². The molecule has 1 aromatic carbocycles. The molecule has 0 aliphatic carbocycles. The maximum absolute atomic E-state index is 4.35. The number of aromatic nitrogens is 4. The van der Waals surface area contributed by atoms with Gasteiger partial charge < -0.3 is 0 Å². The van der Waals surface area contributed by atoms with Crippen molar-refractivity contribution in [2.24, 2.45) is 0 Å². The minimum Gasteiger partial charge on any atom is -0.270 e. The first-order chi connectivity index (χ1) is 10.4. The Morgan fingerprint density at radius 2 is 1.81 bits per heavy atom. The molecule has 0 saturated carbocycles. The van der Waals surface area contributed by atoms with Crippen molar-refractivity contribution in [1.82, 2.24) is 19.7 Å². The average molecular weight is 294 g/mol. The highest BCUT2D eigenvalue weighted by molar-refractivity contribution is 7.99. The van der Waals surface area contributed by atoms with Crippen molar-refractivity contribution in [1.29, 1.82) is 0 Å². The van der Waals surface area contributed by atoms with E-state index in [1.54, 1.807) is 24.2 Å². The zero-order chi connectivity index (χ0) is 14.5. The Morgan fingerprint density at radius 1 is 1.05 bits per heavy atom. The number of hydrogen-bond acceptors (Lipinski definition) is 4. The van der Waals surface area contributed by atoms with Crippen molar-refractivity contribution in [3.63, 3.8) is 0 Å². The molecule has 2 aromatic heterocycles. The lowest BCUT2D eigenvalue weighted by Crippen LogP contribution is -1.99. The van der Waals surface area contributed by atoms with Gasteiger partial charge in [-0.15, -0.1) is 16.8 Å². The predicted molar refractivity (Wildman–Crippen MR) is 85.5 cm³/mol. The van der Waals surface area contributed by atoms with Crippen LogP contribution in [0.25, 0.3) is 17.1 Å². The van der Waals surface area contributed by atoms with E-state index in [9.17, 15) is 0 Å². The molecule has 0 aliphatic heterocycles. The standard InChI is InChI=1S/C16H14N4S/c1-2-12-21-16-19-18-15(13-8-10-17-11-9-13)20(16)14-6-4-3-5-7-14/h2-11H,1,12H2. The third-order valence-electron chi connectivity index (χ3n) is 2.92. The van der Waals surface area contributed by atoms with Crippen molar-refractivity contribution in [3.8, 4) is 17.1 Å². The van der Waals surface area contributed by atoms with E-state index in [-0.39, 0.29) is 0 Å². The van der Waals surface area contributed by atoms with Crippen LogP contribution in [0, 0.1) is 0 Å². The molecule has 3 aromatic rings. The summed E-state index contributed by atoms with van der Waals surface area (Å²) in [6.07, 6.45) is 5.38. The summed E-state index contributed by atoms with van der Waals surface area (Å²) in [6.45, 7) is 3.76. The molecule has 2 heterocycles. The van der Waals surface area contributed by atoms with Gasteiger partial charge in [-0.25, -0.2) is 0 Å². The number of rotatable bonds is 5. The number of pyridine rings is 1. The normalized spacial score (nSPS) is 10.5. The van der Waals surface area contributed by atoms with E-state index in [1.165, 1.54) is 0 Å². The Morgan fingerprint density at radius 3 is 2.52 bits per heavy atom. The first-order valence-electron chi connectivity index (χ1n) is 6.55. The molecular weight excluding hydrogens is 280 g/mol. The van der Waals surface area contributed by atoms with Crippen LogP contribution < -0.4 is 0 Å². The summed E-state index contributed by atoms with van der Waals surface area (Å²) in [6, 6.07) is 14.0. The van der Waals surface area contributed by atoms with E-state index in [0.29, 0.717) is 0 Å². The smallest absolute Gasteiger partial charge is 0.196 e. The summed E-state index contributed by atoms with van der Waals surface area (Å²) in [5.74, 6) is 1.61. The second-order valence-electron chi connectivity index (χ2n) is 4.31. The fourth-order valence-electron chi connectivity index (χ4n) is 1.99. The lowest BCUT2D eigenvalue weighted by Gasteiger charge is -2.09. The van der Waals surface area contributed by atoms with Crippen LogP contribution in [0.15, 0.2) is 72.7 Å². The number of nitrogens with zero attached hydrogens (tertiary/aromatic N) is 4. The topological polar surface area (TPSA) is 43.6 Å². The molecule has 0 amide bonds. The van der Waals surface area contributed by atoms with Crippen molar-refractivity contribution in [2.45, 2.75) is 5.16 Å². The number of para-hydroxylation sites is 1.